The number of anilines is 1. The third-order valence-electron chi connectivity index (χ3n) is 6.83. The fourth-order valence-corrected chi connectivity index (χ4v) is 5.33. The van der Waals surface area contributed by atoms with Crippen molar-refractivity contribution < 1.29 is 26.7 Å². The zero-order chi connectivity index (χ0) is 24.7. The van der Waals surface area contributed by atoms with Crippen molar-refractivity contribution in [3.63, 3.8) is 0 Å². The number of nitrogens with zero attached hydrogens (tertiary/aromatic N) is 2. The summed E-state index contributed by atoms with van der Waals surface area (Å²) in [6, 6.07) is 9.35. The van der Waals surface area contributed by atoms with E-state index in [2.05, 4.69) is 16.3 Å². The molecule has 4 rings (SSSR count). The molecule has 0 aliphatic carbocycles. The SMILES string of the molecule is C[C@H](c1c(F)cc(OCCN2CCC3(CC2)C(=O)Nc2ccc(C#N)cc23)cc1F)S(C)(=O)=O. The van der Waals surface area contributed by atoms with Crippen LogP contribution < -0.4 is 10.1 Å². The highest BCUT2D eigenvalue weighted by Crippen LogP contribution is 2.45. The highest BCUT2D eigenvalue weighted by atomic mass is 32.2. The van der Waals surface area contributed by atoms with Crippen LogP contribution in [0.3, 0.4) is 0 Å². The minimum absolute atomic E-state index is 0.0129. The third kappa shape index (κ3) is 4.38. The van der Waals surface area contributed by atoms with E-state index < -0.39 is 37.7 Å². The molecular weight excluding hydrogens is 464 g/mol. The maximum atomic E-state index is 14.4. The number of hydrogen-bond donors (Lipinski definition) is 1. The fraction of sp³-hybridized carbons (Fsp3) is 0.417. The third-order valence-corrected chi connectivity index (χ3v) is 8.35. The lowest BCUT2D eigenvalue weighted by Gasteiger charge is -2.38. The number of sulfone groups is 1. The van der Waals surface area contributed by atoms with Crippen molar-refractivity contribution >= 4 is 21.4 Å². The number of carbonyl (C=O) groups excluding carboxylic acids is 1. The average molecular weight is 490 g/mol. The molecule has 0 unspecified atom stereocenters. The number of benzene rings is 2. The van der Waals surface area contributed by atoms with Crippen LogP contribution in [0.1, 0.15) is 41.7 Å². The monoisotopic (exact) mass is 489 g/mol. The standard InChI is InChI=1S/C24H25F2N3O4S/c1-15(34(2,31)32)22-19(25)12-17(13-20(22)26)33-10-9-29-7-5-24(6-8-29)18-11-16(14-27)3-4-21(18)28-23(24)30/h3-4,11-13,15H,5-10H2,1-2H3,(H,28,30)/t15-/m1/s1. The van der Waals surface area contributed by atoms with Gasteiger partial charge < -0.3 is 10.1 Å². The zero-order valence-electron chi connectivity index (χ0n) is 18.9. The van der Waals surface area contributed by atoms with Gasteiger partial charge >= 0.3 is 0 Å². The van der Waals surface area contributed by atoms with Gasteiger partial charge in [0.25, 0.3) is 0 Å². The molecule has 1 saturated heterocycles. The number of rotatable bonds is 6. The molecule has 1 spiro atoms. The Morgan fingerprint density at radius 2 is 1.85 bits per heavy atom. The Morgan fingerprint density at radius 1 is 1.21 bits per heavy atom. The topological polar surface area (TPSA) is 99.5 Å². The number of nitrogens with one attached hydrogen (secondary N) is 1. The van der Waals surface area contributed by atoms with Crippen LogP contribution in [0.15, 0.2) is 30.3 Å². The smallest absolute Gasteiger partial charge is 0.235 e. The molecule has 0 radical (unpaired) electrons. The molecule has 2 aliphatic heterocycles. The van der Waals surface area contributed by atoms with E-state index in [0.717, 1.165) is 29.6 Å². The van der Waals surface area contributed by atoms with Crippen LogP contribution in [0.5, 0.6) is 5.75 Å². The number of fused-ring (bicyclic) bond motifs is 2. The average Bonchev–Trinajstić information content (AvgIpc) is 3.04. The van der Waals surface area contributed by atoms with Gasteiger partial charge in [-0.15, -0.1) is 0 Å². The molecule has 1 amide bonds. The van der Waals surface area contributed by atoms with Gasteiger partial charge in [0.15, 0.2) is 9.84 Å². The van der Waals surface area contributed by atoms with Crippen molar-refractivity contribution in [2.75, 3.05) is 37.8 Å². The molecular formula is C24H25F2N3O4S. The first kappa shape index (κ1) is 24.1. The maximum Gasteiger partial charge on any atom is 0.235 e. The Morgan fingerprint density at radius 3 is 2.44 bits per heavy atom. The molecule has 2 aromatic rings. The van der Waals surface area contributed by atoms with E-state index in [-0.39, 0.29) is 18.3 Å². The predicted octanol–water partition coefficient (Wildman–Crippen LogP) is 3.31. The maximum absolute atomic E-state index is 14.4. The van der Waals surface area contributed by atoms with Gasteiger partial charge in [-0.3, -0.25) is 9.69 Å². The lowest BCUT2D eigenvalue weighted by molar-refractivity contribution is -0.122. The number of piperidine rings is 1. The quantitative estimate of drug-likeness (QED) is 0.669. The summed E-state index contributed by atoms with van der Waals surface area (Å²) in [6.07, 6.45) is 2.10. The summed E-state index contributed by atoms with van der Waals surface area (Å²) in [4.78, 5) is 14.9. The number of likely N-dealkylation sites (tertiary alicyclic amines) is 1. The van der Waals surface area contributed by atoms with Crippen LogP contribution in [-0.4, -0.2) is 51.7 Å². The Balaban J connectivity index is 1.36. The number of amides is 1. The van der Waals surface area contributed by atoms with Gasteiger partial charge in [-0.1, -0.05) is 0 Å². The molecule has 34 heavy (non-hydrogen) atoms. The second-order valence-electron chi connectivity index (χ2n) is 8.87. The van der Waals surface area contributed by atoms with Crippen molar-refractivity contribution in [2.24, 2.45) is 0 Å². The molecule has 0 bridgehead atoms. The molecule has 7 nitrogen and oxygen atoms in total. The van der Waals surface area contributed by atoms with Crippen LogP contribution in [0.2, 0.25) is 0 Å². The summed E-state index contributed by atoms with van der Waals surface area (Å²) in [5, 5.41) is 10.8. The summed E-state index contributed by atoms with van der Waals surface area (Å²) in [6.45, 7) is 3.16. The molecule has 2 heterocycles. The lowest BCUT2D eigenvalue weighted by Crippen LogP contribution is -2.47. The van der Waals surface area contributed by atoms with Crippen molar-refractivity contribution in [2.45, 2.75) is 30.4 Å². The van der Waals surface area contributed by atoms with Gasteiger partial charge in [-0.2, -0.15) is 5.26 Å². The van der Waals surface area contributed by atoms with Crippen molar-refractivity contribution in [1.29, 1.82) is 5.26 Å². The molecule has 1 atom stereocenters. The molecule has 0 saturated carbocycles. The predicted molar refractivity (Wildman–Crippen MR) is 122 cm³/mol. The van der Waals surface area contributed by atoms with Crippen LogP contribution in [-0.2, 0) is 20.0 Å². The van der Waals surface area contributed by atoms with Crippen molar-refractivity contribution in [3.05, 3.63) is 58.7 Å². The van der Waals surface area contributed by atoms with Crippen LogP contribution in [0.4, 0.5) is 14.5 Å². The van der Waals surface area contributed by atoms with Crippen LogP contribution in [0, 0.1) is 23.0 Å². The van der Waals surface area contributed by atoms with E-state index in [1.807, 2.05) is 0 Å². The Labute approximate surface area is 197 Å². The number of carbonyl (C=O) groups is 1. The number of halogens is 2. The zero-order valence-corrected chi connectivity index (χ0v) is 19.7. The molecule has 2 aromatic carbocycles. The largest absolute Gasteiger partial charge is 0.492 e. The fourth-order valence-electron chi connectivity index (χ4n) is 4.68. The van der Waals surface area contributed by atoms with E-state index in [1.54, 1.807) is 18.2 Å². The summed E-state index contributed by atoms with van der Waals surface area (Å²) < 4.78 is 57.7. The molecule has 2 aliphatic rings. The minimum atomic E-state index is -3.65. The van der Waals surface area contributed by atoms with Crippen molar-refractivity contribution in [1.82, 2.24) is 4.90 Å². The molecule has 1 fully saturated rings. The normalized spacial score (nSPS) is 18.3. The van der Waals surface area contributed by atoms with Gasteiger partial charge in [0.2, 0.25) is 5.91 Å². The molecule has 180 valence electrons. The number of ether oxygens (including phenoxy) is 1. The van der Waals surface area contributed by atoms with E-state index >= 15 is 0 Å². The lowest BCUT2D eigenvalue weighted by atomic mass is 9.73. The second kappa shape index (κ2) is 8.96. The number of nitriles is 1. The van der Waals surface area contributed by atoms with Gasteiger partial charge in [-0.05, 0) is 56.6 Å². The van der Waals surface area contributed by atoms with Gasteiger partial charge in [0.1, 0.15) is 24.0 Å². The summed E-state index contributed by atoms with van der Waals surface area (Å²) in [5.74, 6) is -1.99. The highest BCUT2D eigenvalue weighted by Gasteiger charge is 2.48. The van der Waals surface area contributed by atoms with Crippen molar-refractivity contribution in [3.8, 4) is 11.8 Å². The first-order valence-electron chi connectivity index (χ1n) is 10.9. The molecule has 1 N–H and O–H groups in total. The van der Waals surface area contributed by atoms with Gasteiger partial charge in [-0.25, -0.2) is 17.2 Å². The van der Waals surface area contributed by atoms with Gasteiger partial charge in [0.05, 0.1) is 22.3 Å². The summed E-state index contributed by atoms with van der Waals surface area (Å²) in [5.41, 5.74) is 0.978. The van der Waals surface area contributed by atoms with E-state index in [4.69, 9.17) is 4.74 Å². The van der Waals surface area contributed by atoms with Crippen LogP contribution >= 0.6 is 0 Å². The second-order valence-corrected chi connectivity index (χ2v) is 11.2. The van der Waals surface area contributed by atoms with Gasteiger partial charge in [0, 0.05) is 36.2 Å². The van der Waals surface area contributed by atoms with E-state index in [0.29, 0.717) is 38.0 Å². The Kier molecular flexibility index (Phi) is 6.36. The summed E-state index contributed by atoms with van der Waals surface area (Å²) >= 11 is 0. The Bertz CT molecular complexity index is 1260. The number of hydrogen-bond acceptors (Lipinski definition) is 6. The van der Waals surface area contributed by atoms with E-state index in [9.17, 15) is 27.3 Å². The summed E-state index contributed by atoms with van der Waals surface area (Å²) in [7, 11) is -3.65. The Hall–Kier alpha value is -3.03. The van der Waals surface area contributed by atoms with E-state index in [1.165, 1.54) is 6.92 Å². The first-order chi connectivity index (χ1) is 16.0. The molecule has 10 heteroatoms. The minimum Gasteiger partial charge on any atom is -0.492 e. The molecule has 0 aromatic heterocycles. The first-order valence-corrected chi connectivity index (χ1v) is 12.9. The van der Waals surface area contributed by atoms with Crippen LogP contribution in [0.25, 0.3) is 0 Å². The highest BCUT2D eigenvalue weighted by molar-refractivity contribution is 7.90.